The van der Waals surface area contributed by atoms with Gasteiger partial charge in [0, 0.05) is 4.47 Å². The topological polar surface area (TPSA) is 34.1 Å². The van der Waals surface area contributed by atoms with Gasteiger partial charge < -0.3 is 0 Å². The minimum atomic E-state index is -3.29. The monoisotopic (exact) mass is 392 g/mol. The minimum Gasteiger partial charge on any atom is -0.223 e. The minimum absolute atomic E-state index is 0.0447. The van der Waals surface area contributed by atoms with Gasteiger partial charge in [0.1, 0.15) is 0 Å². The first-order chi connectivity index (χ1) is 11.0. The fraction of sp³-hybridized carbons (Fsp3) is 0.368. The molecule has 0 aliphatic heterocycles. The molecule has 4 heteroatoms. The Labute approximate surface area is 147 Å². The summed E-state index contributed by atoms with van der Waals surface area (Å²) in [5, 5.41) is 0. The van der Waals surface area contributed by atoms with Crippen molar-refractivity contribution in [3.05, 3.63) is 64.1 Å². The SMILES string of the molecule is O=S(=O)(Cc1ccc(Br)cc1)c1ccc(C2CCCCC2)cc1. The Morgan fingerprint density at radius 1 is 0.870 bits per heavy atom. The molecule has 0 spiro atoms. The zero-order valence-corrected chi connectivity index (χ0v) is 15.4. The Hall–Kier alpha value is -1.13. The van der Waals surface area contributed by atoms with Gasteiger partial charge in [-0.15, -0.1) is 0 Å². The average Bonchev–Trinajstić information content (AvgIpc) is 2.58. The molecular weight excluding hydrogens is 372 g/mol. The second-order valence-electron chi connectivity index (χ2n) is 6.29. The summed E-state index contributed by atoms with van der Waals surface area (Å²) in [7, 11) is -3.29. The molecule has 0 atom stereocenters. The maximum Gasteiger partial charge on any atom is 0.182 e. The summed E-state index contributed by atoms with van der Waals surface area (Å²) in [6.07, 6.45) is 6.36. The van der Waals surface area contributed by atoms with Gasteiger partial charge in [0.2, 0.25) is 0 Å². The first-order valence-electron chi connectivity index (χ1n) is 8.12. The van der Waals surface area contributed by atoms with E-state index in [2.05, 4.69) is 15.9 Å². The van der Waals surface area contributed by atoms with E-state index in [1.807, 2.05) is 36.4 Å². The Morgan fingerprint density at radius 3 is 2.09 bits per heavy atom. The normalized spacial score (nSPS) is 16.4. The number of sulfone groups is 1. The summed E-state index contributed by atoms with van der Waals surface area (Å²) >= 11 is 3.37. The summed E-state index contributed by atoms with van der Waals surface area (Å²) < 4.78 is 26.1. The van der Waals surface area contributed by atoms with Crippen molar-refractivity contribution in [2.75, 3.05) is 0 Å². The molecule has 3 rings (SSSR count). The van der Waals surface area contributed by atoms with E-state index in [4.69, 9.17) is 0 Å². The first-order valence-corrected chi connectivity index (χ1v) is 10.6. The molecule has 0 unspecified atom stereocenters. The van der Waals surface area contributed by atoms with Crippen molar-refractivity contribution < 1.29 is 8.42 Å². The van der Waals surface area contributed by atoms with Crippen LogP contribution in [0, 0.1) is 0 Å². The number of hydrogen-bond acceptors (Lipinski definition) is 2. The van der Waals surface area contributed by atoms with Crippen LogP contribution < -0.4 is 0 Å². The first kappa shape index (κ1) is 16.7. The van der Waals surface area contributed by atoms with Crippen molar-refractivity contribution in [2.24, 2.45) is 0 Å². The third kappa shape index (κ3) is 4.24. The molecule has 2 aromatic carbocycles. The van der Waals surface area contributed by atoms with E-state index < -0.39 is 9.84 Å². The number of halogens is 1. The van der Waals surface area contributed by atoms with Crippen molar-refractivity contribution in [3.8, 4) is 0 Å². The van der Waals surface area contributed by atoms with Gasteiger partial charge in [0.25, 0.3) is 0 Å². The van der Waals surface area contributed by atoms with Crippen LogP contribution in [0.25, 0.3) is 0 Å². The van der Waals surface area contributed by atoms with Crippen molar-refractivity contribution in [1.82, 2.24) is 0 Å². The van der Waals surface area contributed by atoms with Crippen LogP contribution in [0.15, 0.2) is 57.9 Å². The Morgan fingerprint density at radius 2 is 1.48 bits per heavy atom. The smallest absolute Gasteiger partial charge is 0.182 e. The highest BCUT2D eigenvalue weighted by Crippen LogP contribution is 2.33. The fourth-order valence-corrected chi connectivity index (χ4v) is 4.88. The Bertz CT molecular complexity index is 743. The van der Waals surface area contributed by atoms with Gasteiger partial charge in [-0.2, -0.15) is 0 Å². The number of hydrogen-bond donors (Lipinski definition) is 0. The molecule has 1 fully saturated rings. The summed E-state index contributed by atoms with van der Waals surface area (Å²) in [5.74, 6) is 0.648. The molecule has 2 nitrogen and oxygen atoms in total. The lowest BCUT2D eigenvalue weighted by Gasteiger charge is -2.22. The van der Waals surface area contributed by atoms with Crippen LogP contribution in [0.3, 0.4) is 0 Å². The molecule has 1 aliphatic rings. The van der Waals surface area contributed by atoms with Crippen LogP contribution in [0.1, 0.15) is 49.1 Å². The molecule has 0 amide bonds. The van der Waals surface area contributed by atoms with E-state index in [0.29, 0.717) is 10.8 Å². The predicted molar refractivity (Wildman–Crippen MR) is 97.3 cm³/mol. The molecule has 0 N–H and O–H groups in total. The van der Waals surface area contributed by atoms with Gasteiger partial charge in [-0.05, 0) is 54.2 Å². The van der Waals surface area contributed by atoms with E-state index in [1.54, 1.807) is 12.1 Å². The lowest BCUT2D eigenvalue weighted by atomic mass is 9.84. The van der Waals surface area contributed by atoms with Crippen LogP contribution in [0.5, 0.6) is 0 Å². The van der Waals surface area contributed by atoms with E-state index >= 15 is 0 Å². The van der Waals surface area contributed by atoms with E-state index in [9.17, 15) is 8.42 Å². The molecule has 0 bridgehead atoms. The van der Waals surface area contributed by atoms with Gasteiger partial charge in [-0.3, -0.25) is 0 Å². The van der Waals surface area contributed by atoms with Crippen molar-refractivity contribution in [1.29, 1.82) is 0 Å². The third-order valence-corrected chi connectivity index (χ3v) is 6.82. The maximum absolute atomic E-state index is 12.6. The lowest BCUT2D eigenvalue weighted by molar-refractivity contribution is 0.443. The highest BCUT2D eigenvalue weighted by atomic mass is 79.9. The number of rotatable bonds is 4. The van der Waals surface area contributed by atoms with Crippen LogP contribution in [-0.4, -0.2) is 8.42 Å². The molecule has 0 radical (unpaired) electrons. The lowest BCUT2D eigenvalue weighted by Crippen LogP contribution is -2.07. The van der Waals surface area contributed by atoms with Crippen molar-refractivity contribution >= 4 is 25.8 Å². The van der Waals surface area contributed by atoms with E-state index in [-0.39, 0.29) is 5.75 Å². The third-order valence-electron chi connectivity index (χ3n) is 4.59. The zero-order chi connectivity index (χ0) is 16.3. The second kappa shape index (κ2) is 7.18. The molecule has 122 valence electrons. The highest BCUT2D eigenvalue weighted by Gasteiger charge is 2.18. The summed E-state index contributed by atoms with van der Waals surface area (Å²) in [6, 6.07) is 15.0. The fourth-order valence-electron chi connectivity index (χ4n) is 3.27. The van der Waals surface area contributed by atoms with Gasteiger partial charge >= 0.3 is 0 Å². The van der Waals surface area contributed by atoms with Gasteiger partial charge in [-0.1, -0.05) is 59.5 Å². The van der Waals surface area contributed by atoms with Gasteiger partial charge in [0.05, 0.1) is 10.6 Å². The second-order valence-corrected chi connectivity index (χ2v) is 9.19. The summed E-state index contributed by atoms with van der Waals surface area (Å²) in [6.45, 7) is 0. The Balaban J connectivity index is 1.75. The molecule has 0 saturated heterocycles. The molecule has 23 heavy (non-hydrogen) atoms. The maximum atomic E-state index is 12.6. The summed E-state index contributed by atoms with van der Waals surface area (Å²) in [5.41, 5.74) is 2.09. The molecular formula is C19H21BrO2S. The quantitative estimate of drug-likeness (QED) is 0.690. The zero-order valence-electron chi connectivity index (χ0n) is 13.0. The van der Waals surface area contributed by atoms with Crippen molar-refractivity contribution in [3.63, 3.8) is 0 Å². The summed E-state index contributed by atoms with van der Waals surface area (Å²) in [4.78, 5) is 0.417. The van der Waals surface area contributed by atoms with Gasteiger partial charge in [0.15, 0.2) is 9.84 Å². The average molecular weight is 393 g/mol. The van der Waals surface area contributed by atoms with Crippen LogP contribution in [-0.2, 0) is 15.6 Å². The largest absolute Gasteiger partial charge is 0.223 e. The van der Waals surface area contributed by atoms with E-state index in [1.165, 1.54) is 37.7 Å². The highest BCUT2D eigenvalue weighted by molar-refractivity contribution is 9.10. The molecule has 0 heterocycles. The van der Waals surface area contributed by atoms with E-state index in [0.717, 1.165) is 10.0 Å². The molecule has 2 aromatic rings. The predicted octanol–water partition coefficient (Wildman–Crippen LogP) is 5.47. The Kier molecular flexibility index (Phi) is 5.22. The van der Waals surface area contributed by atoms with Crippen LogP contribution >= 0.6 is 15.9 Å². The molecule has 0 aromatic heterocycles. The standard InChI is InChI=1S/C19H21BrO2S/c20-18-10-6-15(7-11-18)14-23(21,22)19-12-8-17(9-13-19)16-4-2-1-3-5-16/h6-13,16H,1-5,14H2. The molecule has 1 aliphatic carbocycles. The van der Waals surface area contributed by atoms with Crippen LogP contribution in [0.4, 0.5) is 0 Å². The number of benzene rings is 2. The van der Waals surface area contributed by atoms with Crippen LogP contribution in [0.2, 0.25) is 0 Å². The molecule has 1 saturated carbocycles. The van der Waals surface area contributed by atoms with Gasteiger partial charge in [-0.25, -0.2) is 8.42 Å². The van der Waals surface area contributed by atoms with Crippen molar-refractivity contribution in [2.45, 2.75) is 48.7 Å².